The highest BCUT2D eigenvalue weighted by atomic mass is 79.9. The van der Waals surface area contributed by atoms with Crippen LogP contribution < -0.4 is 5.32 Å². The monoisotopic (exact) mass is 452 g/mol. The van der Waals surface area contributed by atoms with Crippen molar-refractivity contribution >= 4 is 45.0 Å². The molecule has 2 aromatic carbocycles. The molecule has 0 unspecified atom stereocenters. The van der Waals surface area contributed by atoms with E-state index in [4.69, 9.17) is 4.42 Å². The molecule has 8 nitrogen and oxygen atoms in total. The number of thioether (sulfide) groups is 1. The molecule has 1 heterocycles. The van der Waals surface area contributed by atoms with Crippen molar-refractivity contribution in [2.75, 3.05) is 11.1 Å². The zero-order valence-corrected chi connectivity index (χ0v) is 15.8. The van der Waals surface area contributed by atoms with Crippen molar-refractivity contribution in [3.63, 3.8) is 0 Å². The second-order valence-corrected chi connectivity index (χ2v) is 6.89. The van der Waals surface area contributed by atoms with Crippen molar-refractivity contribution in [3.05, 3.63) is 62.9 Å². The molecule has 0 aliphatic heterocycles. The van der Waals surface area contributed by atoms with E-state index in [-0.39, 0.29) is 16.7 Å². The van der Waals surface area contributed by atoms with Gasteiger partial charge in [-0.15, -0.1) is 10.2 Å². The van der Waals surface area contributed by atoms with Gasteiger partial charge in [0.25, 0.3) is 10.9 Å². The van der Waals surface area contributed by atoms with Gasteiger partial charge < -0.3 is 9.73 Å². The first kappa shape index (κ1) is 19.0. The highest BCUT2D eigenvalue weighted by molar-refractivity contribution is 9.10. The summed E-state index contributed by atoms with van der Waals surface area (Å²) in [5.74, 6) is -1.12. The fourth-order valence-corrected chi connectivity index (χ4v) is 3.10. The number of hydrogen-bond donors (Lipinski definition) is 1. The van der Waals surface area contributed by atoms with Gasteiger partial charge in [-0.2, -0.15) is 0 Å². The van der Waals surface area contributed by atoms with Crippen molar-refractivity contribution in [3.8, 4) is 11.5 Å². The lowest BCUT2D eigenvalue weighted by molar-refractivity contribution is -0.384. The SMILES string of the molecule is O=C(CSc1nnc(-c2ccccc2Br)o1)Nc1ccc(F)cc1[N+](=O)[O-]. The summed E-state index contributed by atoms with van der Waals surface area (Å²) in [5, 5.41) is 21.3. The summed E-state index contributed by atoms with van der Waals surface area (Å²) in [7, 11) is 0. The maximum absolute atomic E-state index is 13.1. The van der Waals surface area contributed by atoms with Gasteiger partial charge in [-0.25, -0.2) is 4.39 Å². The fourth-order valence-electron chi connectivity index (χ4n) is 2.09. The van der Waals surface area contributed by atoms with E-state index in [1.165, 1.54) is 0 Å². The Morgan fingerprint density at radius 3 is 2.81 bits per heavy atom. The maximum Gasteiger partial charge on any atom is 0.295 e. The zero-order valence-electron chi connectivity index (χ0n) is 13.4. The first-order chi connectivity index (χ1) is 12.9. The molecule has 3 aromatic rings. The molecule has 0 aliphatic carbocycles. The summed E-state index contributed by atoms with van der Waals surface area (Å²) in [5.41, 5.74) is 0.0945. The Morgan fingerprint density at radius 1 is 1.30 bits per heavy atom. The molecular formula is C16H10BrFN4O4S. The number of aromatic nitrogens is 2. The molecule has 11 heteroatoms. The number of hydrogen-bond acceptors (Lipinski definition) is 7. The topological polar surface area (TPSA) is 111 Å². The number of benzene rings is 2. The lowest BCUT2D eigenvalue weighted by atomic mass is 10.2. The van der Waals surface area contributed by atoms with Crippen LogP contribution in [0.1, 0.15) is 0 Å². The number of nitro groups is 1. The first-order valence-electron chi connectivity index (χ1n) is 7.39. The average molecular weight is 453 g/mol. The third-order valence-electron chi connectivity index (χ3n) is 3.27. The molecular weight excluding hydrogens is 443 g/mol. The summed E-state index contributed by atoms with van der Waals surface area (Å²) < 4.78 is 19.4. The number of halogens is 2. The van der Waals surface area contributed by atoms with E-state index in [1.54, 1.807) is 6.07 Å². The fraction of sp³-hybridized carbons (Fsp3) is 0.0625. The van der Waals surface area contributed by atoms with Gasteiger partial charge >= 0.3 is 0 Å². The molecule has 27 heavy (non-hydrogen) atoms. The lowest BCUT2D eigenvalue weighted by Gasteiger charge is -2.05. The Hall–Kier alpha value is -2.79. The van der Waals surface area contributed by atoms with E-state index in [2.05, 4.69) is 31.4 Å². The van der Waals surface area contributed by atoms with Gasteiger partial charge in [0.05, 0.1) is 22.3 Å². The first-order valence-corrected chi connectivity index (χ1v) is 9.17. The number of nitro benzene ring substituents is 1. The minimum Gasteiger partial charge on any atom is -0.411 e. The molecule has 0 spiro atoms. The maximum atomic E-state index is 13.1. The molecule has 1 N–H and O–H groups in total. The van der Waals surface area contributed by atoms with Gasteiger partial charge in [-0.05, 0) is 40.2 Å². The normalized spacial score (nSPS) is 10.6. The quantitative estimate of drug-likeness (QED) is 0.337. The van der Waals surface area contributed by atoms with Gasteiger partial charge in [0.15, 0.2) is 0 Å². The van der Waals surface area contributed by atoms with Crippen molar-refractivity contribution in [2.45, 2.75) is 5.22 Å². The average Bonchev–Trinajstić information content (AvgIpc) is 3.10. The number of rotatable bonds is 6. The second-order valence-electron chi connectivity index (χ2n) is 5.11. The molecule has 0 saturated carbocycles. The van der Waals surface area contributed by atoms with E-state index >= 15 is 0 Å². The number of nitrogens with zero attached hydrogens (tertiary/aromatic N) is 3. The van der Waals surface area contributed by atoms with E-state index in [9.17, 15) is 19.3 Å². The smallest absolute Gasteiger partial charge is 0.295 e. The van der Waals surface area contributed by atoms with Gasteiger partial charge in [-0.1, -0.05) is 23.9 Å². The number of anilines is 1. The molecule has 138 valence electrons. The number of nitrogens with one attached hydrogen (secondary N) is 1. The van der Waals surface area contributed by atoms with Crippen LogP contribution in [0.25, 0.3) is 11.5 Å². The van der Waals surface area contributed by atoms with Crippen LogP contribution in [0.3, 0.4) is 0 Å². The van der Waals surface area contributed by atoms with Crippen molar-refractivity contribution in [2.24, 2.45) is 0 Å². The molecule has 0 aliphatic rings. The Balaban J connectivity index is 1.64. The van der Waals surface area contributed by atoms with Gasteiger partial charge in [0.1, 0.15) is 11.5 Å². The molecule has 0 bridgehead atoms. The van der Waals surface area contributed by atoms with Gasteiger partial charge in [0.2, 0.25) is 11.8 Å². The molecule has 1 amide bonds. The Labute approximate surface area is 164 Å². The Morgan fingerprint density at radius 2 is 2.07 bits per heavy atom. The third-order valence-corrected chi connectivity index (χ3v) is 4.78. The van der Waals surface area contributed by atoms with Crippen LogP contribution in [0, 0.1) is 15.9 Å². The van der Waals surface area contributed by atoms with Crippen LogP contribution in [-0.4, -0.2) is 26.8 Å². The summed E-state index contributed by atoms with van der Waals surface area (Å²) in [6.45, 7) is 0. The molecule has 0 fully saturated rings. The third kappa shape index (κ3) is 4.68. The highest BCUT2D eigenvalue weighted by Gasteiger charge is 2.18. The van der Waals surface area contributed by atoms with Crippen LogP contribution in [0.5, 0.6) is 0 Å². The van der Waals surface area contributed by atoms with E-state index < -0.39 is 22.3 Å². The van der Waals surface area contributed by atoms with Crippen molar-refractivity contribution in [1.29, 1.82) is 0 Å². The number of carbonyl (C=O) groups excluding carboxylic acids is 1. The molecule has 0 saturated heterocycles. The summed E-state index contributed by atoms with van der Waals surface area (Å²) in [6, 6.07) is 10.2. The van der Waals surface area contributed by atoms with Crippen LogP contribution >= 0.6 is 27.7 Å². The van der Waals surface area contributed by atoms with Crippen LogP contribution in [-0.2, 0) is 4.79 Å². The molecule has 1 aromatic heterocycles. The second kappa shape index (κ2) is 8.27. The predicted octanol–water partition coefficient (Wildman–Crippen LogP) is 4.28. The summed E-state index contributed by atoms with van der Waals surface area (Å²) >= 11 is 4.36. The zero-order chi connectivity index (χ0) is 19.4. The molecule has 3 rings (SSSR count). The Kier molecular flexibility index (Phi) is 5.81. The molecule has 0 radical (unpaired) electrons. The van der Waals surface area contributed by atoms with Crippen molar-refractivity contribution in [1.82, 2.24) is 10.2 Å². The number of carbonyl (C=O) groups is 1. The number of amides is 1. The minimum absolute atomic E-state index is 0.0913. The van der Waals surface area contributed by atoms with E-state index in [1.807, 2.05) is 18.2 Å². The summed E-state index contributed by atoms with van der Waals surface area (Å²) in [4.78, 5) is 22.2. The standard InChI is InChI=1S/C16H10BrFN4O4S/c17-11-4-2-1-3-10(11)15-20-21-16(26-15)27-8-14(23)19-12-6-5-9(18)7-13(12)22(24)25/h1-7H,8H2,(H,19,23). The van der Waals surface area contributed by atoms with Crippen molar-refractivity contribution < 1.29 is 18.5 Å². The molecule has 0 atom stereocenters. The largest absolute Gasteiger partial charge is 0.411 e. The lowest BCUT2D eigenvalue weighted by Crippen LogP contribution is -2.15. The van der Waals surface area contributed by atoms with E-state index in [0.717, 1.165) is 34.4 Å². The Bertz CT molecular complexity index is 1010. The van der Waals surface area contributed by atoms with Gasteiger partial charge in [0, 0.05) is 4.47 Å². The van der Waals surface area contributed by atoms with Crippen LogP contribution in [0.2, 0.25) is 0 Å². The van der Waals surface area contributed by atoms with Crippen LogP contribution in [0.4, 0.5) is 15.8 Å². The van der Waals surface area contributed by atoms with Gasteiger partial charge in [-0.3, -0.25) is 14.9 Å². The van der Waals surface area contributed by atoms with Crippen LogP contribution in [0.15, 0.2) is 56.6 Å². The van der Waals surface area contributed by atoms with E-state index in [0.29, 0.717) is 11.5 Å². The highest BCUT2D eigenvalue weighted by Crippen LogP contribution is 2.29. The predicted molar refractivity (Wildman–Crippen MR) is 99.8 cm³/mol. The summed E-state index contributed by atoms with van der Waals surface area (Å²) in [6.07, 6.45) is 0. The minimum atomic E-state index is -0.770.